The Bertz CT molecular complexity index is 514. The van der Waals surface area contributed by atoms with Crippen molar-refractivity contribution in [3.05, 3.63) is 29.8 Å². The lowest BCUT2D eigenvalue weighted by Crippen LogP contribution is -2.38. The van der Waals surface area contributed by atoms with Gasteiger partial charge in [0, 0.05) is 24.2 Å². The molecular weight excluding hydrogens is 262 g/mol. The van der Waals surface area contributed by atoms with Crippen LogP contribution in [0.3, 0.4) is 0 Å². The molecule has 0 spiro atoms. The van der Waals surface area contributed by atoms with Crippen LogP contribution in [0.25, 0.3) is 0 Å². The van der Waals surface area contributed by atoms with Gasteiger partial charge in [-0.2, -0.15) is 0 Å². The fourth-order valence-corrected chi connectivity index (χ4v) is 4.18. The van der Waals surface area contributed by atoms with Crippen molar-refractivity contribution in [2.75, 3.05) is 11.4 Å². The molecule has 1 aliphatic carbocycles. The minimum Gasteiger partial charge on any atom is -0.481 e. The molecule has 1 aliphatic heterocycles. The zero-order chi connectivity index (χ0) is 14.8. The molecule has 1 aromatic rings. The predicted molar refractivity (Wildman–Crippen MR) is 84.8 cm³/mol. The molecule has 0 radical (unpaired) electrons. The third-order valence-corrected chi connectivity index (χ3v) is 5.30. The molecule has 1 fully saturated rings. The maximum Gasteiger partial charge on any atom is 0.304 e. The van der Waals surface area contributed by atoms with Crippen LogP contribution in [0.2, 0.25) is 0 Å². The van der Waals surface area contributed by atoms with Gasteiger partial charge in [-0.05, 0) is 30.4 Å². The molecule has 0 bridgehead atoms. The van der Waals surface area contributed by atoms with Crippen molar-refractivity contribution in [1.82, 2.24) is 0 Å². The first-order chi connectivity index (χ1) is 10.2. The summed E-state index contributed by atoms with van der Waals surface area (Å²) in [7, 11) is 0. The van der Waals surface area contributed by atoms with Gasteiger partial charge < -0.3 is 10.0 Å². The molecule has 114 valence electrons. The standard InChI is InChI=1S/C18H25NO2/c1-2-13-6-5-7-15(10-13)19-12-14(11-18(20)21)16-8-3-4-9-17(16)19/h3-4,8-9,13-15H,2,5-7,10-12H2,1H3,(H,20,21). The molecule has 1 heterocycles. The lowest BCUT2D eigenvalue weighted by atomic mass is 9.83. The summed E-state index contributed by atoms with van der Waals surface area (Å²) in [6, 6.07) is 9.00. The molecule has 1 N–H and O–H groups in total. The van der Waals surface area contributed by atoms with Gasteiger partial charge in [0.1, 0.15) is 0 Å². The summed E-state index contributed by atoms with van der Waals surface area (Å²) in [4.78, 5) is 13.6. The Morgan fingerprint density at radius 2 is 2.14 bits per heavy atom. The van der Waals surface area contributed by atoms with Gasteiger partial charge in [-0.25, -0.2) is 0 Å². The highest BCUT2D eigenvalue weighted by Crippen LogP contribution is 2.42. The predicted octanol–water partition coefficient (Wildman–Crippen LogP) is 4.03. The number of carbonyl (C=O) groups is 1. The van der Waals surface area contributed by atoms with E-state index in [4.69, 9.17) is 5.11 Å². The van der Waals surface area contributed by atoms with E-state index in [1.807, 2.05) is 6.07 Å². The minimum atomic E-state index is -0.688. The van der Waals surface area contributed by atoms with Crippen molar-refractivity contribution < 1.29 is 9.90 Å². The number of para-hydroxylation sites is 1. The largest absolute Gasteiger partial charge is 0.481 e. The van der Waals surface area contributed by atoms with E-state index in [0.29, 0.717) is 6.04 Å². The third kappa shape index (κ3) is 2.92. The Labute approximate surface area is 127 Å². The van der Waals surface area contributed by atoms with Gasteiger partial charge in [-0.3, -0.25) is 4.79 Å². The fraction of sp³-hybridized carbons (Fsp3) is 0.611. The summed E-state index contributed by atoms with van der Waals surface area (Å²) in [5, 5.41) is 9.16. The minimum absolute atomic E-state index is 0.153. The molecule has 21 heavy (non-hydrogen) atoms. The van der Waals surface area contributed by atoms with E-state index in [2.05, 4.69) is 30.0 Å². The number of benzene rings is 1. The van der Waals surface area contributed by atoms with E-state index >= 15 is 0 Å². The molecular formula is C18H25NO2. The topological polar surface area (TPSA) is 40.5 Å². The molecule has 0 saturated heterocycles. The van der Waals surface area contributed by atoms with Gasteiger partial charge in [-0.1, -0.05) is 44.4 Å². The summed E-state index contributed by atoms with van der Waals surface area (Å²) in [6.07, 6.45) is 6.71. The average molecular weight is 287 g/mol. The number of hydrogen-bond donors (Lipinski definition) is 1. The number of aliphatic carboxylic acids is 1. The maximum absolute atomic E-state index is 11.1. The van der Waals surface area contributed by atoms with Gasteiger partial charge in [0.25, 0.3) is 0 Å². The lowest BCUT2D eigenvalue weighted by molar-refractivity contribution is -0.137. The highest BCUT2D eigenvalue weighted by atomic mass is 16.4. The second-order valence-corrected chi connectivity index (χ2v) is 6.60. The molecule has 0 amide bonds. The number of hydrogen-bond acceptors (Lipinski definition) is 2. The SMILES string of the molecule is CCC1CCCC(N2CC(CC(=O)O)c3ccccc32)C1. The summed E-state index contributed by atoms with van der Waals surface area (Å²) in [5.74, 6) is 0.307. The number of anilines is 1. The normalized spacial score (nSPS) is 28.4. The number of carboxylic acids is 1. The van der Waals surface area contributed by atoms with E-state index in [1.165, 1.54) is 43.4 Å². The molecule has 1 aromatic carbocycles. The Balaban J connectivity index is 1.82. The van der Waals surface area contributed by atoms with Gasteiger partial charge in [0.15, 0.2) is 0 Å². The van der Waals surface area contributed by atoms with E-state index < -0.39 is 5.97 Å². The number of nitrogens with zero attached hydrogens (tertiary/aromatic N) is 1. The molecule has 3 unspecified atom stereocenters. The Kier molecular flexibility index (Phi) is 4.18. The van der Waals surface area contributed by atoms with E-state index in [1.54, 1.807) is 0 Å². The molecule has 2 aliphatic rings. The van der Waals surface area contributed by atoms with E-state index in [-0.39, 0.29) is 12.3 Å². The summed E-state index contributed by atoms with van der Waals surface area (Å²) in [6.45, 7) is 3.17. The highest BCUT2D eigenvalue weighted by Gasteiger charge is 2.35. The smallest absolute Gasteiger partial charge is 0.304 e. The summed E-state index contributed by atoms with van der Waals surface area (Å²) < 4.78 is 0. The molecule has 3 rings (SSSR count). The van der Waals surface area contributed by atoms with Crippen molar-refractivity contribution in [3.8, 4) is 0 Å². The maximum atomic E-state index is 11.1. The van der Waals surface area contributed by atoms with Gasteiger partial charge in [0.2, 0.25) is 0 Å². The number of carboxylic acid groups (broad SMARTS) is 1. The first-order valence-electron chi connectivity index (χ1n) is 8.26. The average Bonchev–Trinajstić information content (AvgIpc) is 2.86. The van der Waals surface area contributed by atoms with Crippen LogP contribution in [-0.4, -0.2) is 23.7 Å². The van der Waals surface area contributed by atoms with Crippen molar-refractivity contribution >= 4 is 11.7 Å². The van der Waals surface area contributed by atoms with Gasteiger partial charge in [0.05, 0.1) is 6.42 Å². The first kappa shape index (κ1) is 14.4. The zero-order valence-corrected chi connectivity index (χ0v) is 12.8. The van der Waals surface area contributed by atoms with Crippen LogP contribution in [-0.2, 0) is 4.79 Å². The van der Waals surface area contributed by atoms with Crippen LogP contribution < -0.4 is 4.90 Å². The summed E-state index contributed by atoms with van der Waals surface area (Å²) in [5.41, 5.74) is 2.52. The lowest BCUT2D eigenvalue weighted by Gasteiger charge is -2.37. The molecule has 3 nitrogen and oxygen atoms in total. The van der Waals surface area contributed by atoms with Crippen LogP contribution in [0.4, 0.5) is 5.69 Å². The Morgan fingerprint density at radius 3 is 2.90 bits per heavy atom. The number of rotatable bonds is 4. The van der Waals surface area contributed by atoms with Crippen LogP contribution in [0.1, 0.15) is 56.9 Å². The second kappa shape index (κ2) is 6.08. The van der Waals surface area contributed by atoms with E-state index in [0.717, 1.165) is 12.5 Å². The molecule has 3 heteroatoms. The third-order valence-electron chi connectivity index (χ3n) is 5.30. The second-order valence-electron chi connectivity index (χ2n) is 6.60. The summed E-state index contributed by atoms with van der Waals surface area (Å²) >= 11 is 0. The van der Waals surface area contributed by atoms with Gasteiger partial charge in [-0.15, -0.1) is 0 Å². The van der Waals surface area contributed by atoms with Crippen LogP contribution in [0, 0.1) is 5.92 Å². The van der Waals surface area contributed by atoms with Crippen molar-refractivity contribution in [3.63, 3.8) is 0 Å². The Hall–Kier alpha value is -1.51. The molecule has 3 atom stereocenters. The quantitative estimate of drug-likeness (QED) is 0.908. The van der Waals surface area contributed by atoms with Crippen molar-refractivity contribution in [1.29, 1.82) is 0 Å². The Morgan fingerprint density at radius 1 is 1.33 bits per heavy atom. The van der Waals surface area contributed by atoms with E-state index in [9.17, 15) is 4.79 Å². The zero-order valence-electron chi connectivity index (χ0n) is 12.8. The fourth-order valence-electron chi connectivity index (χ4n) is 4.18. The van der Waals surface area contributed by atoms with Crippen LogP contribution in [0.5, 0.6) is 0 Å². The van der Waals surface area contributed by atoms with Crippen LogP contribution >= 0.6 is 0 Å². The van der Waals surface area contributed by atoms with Crippen molar-refractivity contribution in [2.24, 2.45) is 5.92 Å². The number of fused-ring (bicyclic) bond motifs is 1. The van der Waals surface area contributed by atoms with Crippen molar-refractivity contribution in [2.45, 2.75) is 57.4 Å². The first-order valence-corrected chi connectivity index (χ1v) is 8.26. The van der Waals surface area contributed by atoms with Gasteiger partial charge >= 0.3 is 5.97 Å². The highest BCUT2D eigenvalue weighted by molar-refractivity contribution is 5.71. The molecule has 0 aromatic heterocycles. The van der Waals surface area contributed by atoms with Crippen LogP contribution in [0.15, 0.2) is 24.3 Å². The monoisotopic (exact) mass is 287 g/mol. The molecule has 1 saturated carbocycles.